The second kappa shape index (κ2) is 7.76. The van der Waals surface area contributed by atoms with E-state index in [-0.39, 0.29) is 6.10 Å². The SMILES string of the molecule is COc1nc(NCC2OCCc3ccccc32)cc(-c2ccccc2C)n1. The molecule has 0 spiro atoms. The largest absolute Gasteiger partial charge is 0.467 e. The van der Waals surface area contributed by atoms with Gasteiger partial charge in [0, 0.05) is 18.2 Å². The van der Waals surface area contributed by atoms with Crippen molar-refractivity contribution in [2.24, 2.45) is 0 Å². The fourth-order valence-corrected chi connectivity index (χ4v) is 3.45. The Morgan fingerprint density at radius 2 is 1.93 bits per heavy atom. The molecule has 0 amide bonds. The molecule has 5 nitrogen and oxygen atoms in total. The first-order chi connectivity index (χ1) is 13.2. The fourth-order valence-electron chi connectivity index (χ4n) is 3.45. The molecule has 2 aromatic carbocycles. The zero-order valence-electron chi connectivity index (χ0n) is 15.6. The predicted octanol–water partition coefficient (Wildman–Crippen LogP) is 4.19. The highest BCUT2D eigenvalue weighted by Gasteiger charge is 2.20. The molecule has 0 saturated heterocycles. The Kier molecular flexibility index (Phi) is 5.03. The Balaban J connectivity index is 1.58. The smallest absolute Gasteiger partial charge is 0.318 e. The zero-order valence-corrected chi connectivity index (χ0v) is 15.6. The number of nitrogens with zero attached hydrogens (tertiary/aromatic N) is 2. The molecule has 0 fully saturated rings. The van der Waals surface area contributed by atoms with Crippen molar-refractivity contribution in [3.8, 4) is 17.3 Å². The molecular formula is C22H23N3O2. The van der Waals surface area contributed by atoms with Gasteiger partial charge in [-0.15, -0.1) is 0 Å². The van der Waals surface area contributed by atoms with Crippen LogP contribution in [-0.4, -0.2) is 30.2 Å². The lowest BCUT2D eigenvalue weighted by atomic mass is 9.97. The highest BCUT2D eigenvalue weighted by atomic mass is 16.5. The first-order valence-corrected chi connectivity index (χ1v) is 9.17. The van der Waals surface area contributed by atoms with E-state index in [2.05, 4.69) is 58.6 Å². The number of benzene rings is 2. The second-order valence-electron chi connectivity index (χ2n) is 6.63. The highest BCUT2D eigenvalue weighted by molar-refractivity contribution is 5.66. The van der Waals surface area contributed by atoms with Crippen molar-refractivity contribution in [3.05, 3.63) is 71.3 Å². The van der Waals surface area contributed by atoms with Crippen molar-refractivity contribution >= 4 is 5.82 Å². The Bertz CT molecular complexity index is 942. The first-order valence-electron chi connectivity index (χ1n) is 9.17. The molecule has 1 aliphatic rings. The number of hydrogen-bond donors (Lipinski definition) is 1. The van der Waals surface area contributed by atoms with E-state index in [1.807, 2.05) is 18.2 Å². The number of aromatic nitrogens is 2. The van der Waals surface area contributed by atoms with Gasteiger partial charge < -0.3 is 14.8 Å². The Labute approximate surface area is 159 Å². The van der Waals surface area contributed by atoms with E-state index < -0.39 is 0 Å². The minimum atomic E-state index is 0.0119. The Morgan fingerprint density at radius 3 is 2.78 bits per heavy atom. The van der Waals surface area contributed by atoms with Gasteiger partial charge in [-0.3, -0.25) is 0 Å². The van der Waals surface area contributed by atoms with E-state index in [1.54, 1.807) is 7.11 Å². The van der Waals surface area contributed by atoms with Crippen LogP contribution in [0.4, 0.5) is 5.82 Å². The molecule has 3 aromatic rings. The molecule has 0 aliphatic carbocycles. The standard InChI is InChI=1S/C22H23N3O2/c1-15-7-3-5-9-17(15)19-13-21(25-22(24-19)26-2)23-14-20-18-10-6-4-8-16(18)11-12-27-20/h3-10,13,20H,11-12,14H2,1-2H3,(H,23,24,25). The van der Waals surface area contributed by atoms with Gasteiger partial charge in [-0.25, -0.2) is 0 Å². The zero-order chi connectivity index (χ0) is 18.6. The van der Waals surface area contributed by atoms with E-state index in [9.17, 15) is 0 Å². The number of anilines is 1. The number of fused-ring (bicyclic) bond motifs is 1. The van der Waals surface area contributed by atoms with Crippen LogP contribution < -0.4 is 10.1 Å². The molecule has 1 aromatic heterocycles. The molecule has 0 bridgehead atoms. The van der Waals surface area contributed by atoms with Crippen molar-refractivity contribution in [3.63, 3.8) is 0 Å². The molecule has 138 valence electrons. The third kappa shape index (κ3) is 3.78. The molecule has 0 saturated carbocycles. The van der Waals surface area contributed by atoms with E-state index in [1.165, 1.54) is 11.1 Å². The number of aryl methyl sites for hydroxylation is 1. The number of methoxy groups -OCH3 is 1. The first kappa shape index (κ1) is 17.5. The molecule has 2 heterocycles. The Hall–Kier alpha value is -2.92. The topological polar surface area (TPSA) is 56.3 Å². The van der Waals surface area contributed by atoms with Gasteiger partial charge in [0.1, 0.15) is 5.82 Å². The summed E-state index contributed by atoms with van der Waals surface area (Å²) in [6.45, 7) is 3.46. The van der Waals surface area contributed by atoms with Crippen molar-refractivity contribution in [2.45, 2.75) is 19.4 Å². The number of nitrogens with one attached hydrogen (secondary N) is 1. The predicted molar refractivity (Wildman–Crippen MR) is 106 cm³/mol. The van der Waals surface area contributed by atoms with Gasteiger partial charge in [0.05, 0.1) is 25.5 Å². The summed E-state index contributed by atoms with van der Waals surface area (Å²) in [7, 11) is 1.58. The van der Waals surface area contributed by atoms with E-state index in [4.69, 9.17) is 9.47 Å². The van der Waals surface area contributed by atoms with E-state index in [0.717, 1.165) is 35.7 Å². The van der Waals surface area contributed by atoms with Gasteiger partial charge in [0.25, 0.3) is 0 Å². The maximum Gasteiger partial charge on any atom is 0.318 e. The van der Waals surface area contributed by atoms with E-state index in [0.29, 0.717) is 12.6 Å². The van der Waals surface area contributed by atoms with Crippen LogP contribution in [0.1, 0.15) is 22.8 Å². The van der Waals surface area contributed by atoms with Gasteiger partial charge in [-0.2, -0.15) is 9.97 Å². The van der Waals surface area contributed by atoms with Crippen LogP contribution in [0, 0.1) is 6.92 Å². The summed E-state index contributed by atoms with van der Waals surface area (Å²) in [5, 5.41) is 3.40. The number of ether oxygens (including phenoxy) is 2. The summed E-state index contributed by atoms with van der Waals surface area (Å²) in [6.07, 6.45) is 0.976. The third-order valence-electron chi connectivity index (χ3n) is 4.87. The van der Waals surface area contributed by atoms with E-state index >= 15 is 0 Å². The molecule has 1 N–H and O–H groups in total. The summed E-state index contributed by atoms with van der Waals surface area (Å²) in [6, 6.07) is 18.9. The third-order valence-corrected chi connectivity index (χ3v) is 4.87. The van der Waals surface area contributed by atoms with Crippen molar-refractivity contribution in [1.29, 1.82) is 0 Å². The second-order valence-corrected chi connectivity index (χ2v) is 6.63. The van der Waals surface area contributed by atoms with Gasteiger partial charge in [0.15, 0.2) is 0 Å². The fraction of sp³-hybridized carbons (Fsp3) is 0.273. The summed E-state index contributed by atoms with van der Waals surface area (Å²) in [5.41, 5.74) is 5.68. The highest BCUT2D eigenvalue weighted by Crippen LogP contribution is 2.28. The van der Waals surface area contributed by atoms with Crippen LogP contribution in [-0.2, 0) is 11.2 Å². The molecule has 1 unspecified atom stereocenters. The molecular weight excluding hydrogens is 338 g/mol. The van der Waals surface area contributed by atoms with Crippen LogP contribution in [0.2, 0.25) is 0 Å². The van der Waals surface area contributed by atoms with Gasteiger partial charge in [-0.1, -0.05) is 48.5 Å². The molecule has 5 heteroatoms. The monoisotopic (exact) mass is 361 g/mol. The van der Waals surface area contributed by atoms with Crippen LogP contribution in [0.25, 0.3) is 11.3 Å². The minimum absolute atomic E-state index is 0.0119. The lowest BCUT2D eigenvalue weighted by Crippen LogP contribution is -2.23. The lowest BCUT2D eigenvalue weighted by molar-refractivity contribution is 0.0513. The molecule has 27 heavy (non-hydrogen) atoms. The van der Waals surface area contributed by atoms with Crippen LogP contribution in [0.15, 0.2) is 54.6 Å². The molecule has 4 rings (SSSR count). The number of rotatable bonds is 5. The van der Waals surface area contributed by atoms with Crippen molar-refractivity contribution < 1.29 is 9.47 Å². The maximum absolute atomic E-state index is 5.98. The van der Waals surface area contributed by atoms with Crippen molar-refractivity contribution in [1.82, 2.24) is 9.97 Å². The molecule has 1 aliphatic heterocycles. The van der Waals surface area contributed by atoms with Gasteiger partial charge >= 0.3 is 6.01 Å². The maximum atomic E-state index is 5.98. The summed E-state index contributed by atoms with van der Waals surface area (Å²) in [5.74, 6) is 0.728. The molecule has 1 atom stereocenters. The van der Waals surface area contributed by atoms with Gasteiger partial charge in [-0.05, 0) is 30.0 Å². The average Bonchev–Trinajstić information content (AvgIpc) is 2.72. The molecule has 0 radical (unpaired) electrons. The van der Waals surface area contributed by atoms with Crippen LogP contribution >= 0.6 is 0 Å². The average molecular weight is 361 g/mol. The summed E-state index contributed by atoms with van der Waals surface area (Å²) in [4.78, 5) is 8.96. The van der Waals surface area contributed by atoms with Crippen LogP contribution in [0.5, 0.6) is 6.01 Å². The number of hydrogen-bond acceptors (Lipinski definition) is 5. The summed E-state index contributed by atoms with van der Waals surface area (Å²) < 4.78 is 11.3. The quantitative estimate of drug-likeness (QED) is 0.739. The van der Waals surface area contributed by atoms with Gasteiger partial charge in [0.2, 0.25) is 0 Å². The van der Waals surface area contributed by atoms with Crippen molar-refractivity contribution in [2.75, 3.05) is 25.6 Å². The normalized spacial score (nSPS) is 15.9. The van der Waals surface area contributed by atoms with Crippen LogP contribution in [0.3, 0.4) is 0 Å². The Morgan fingerprint density at radius 1 is 1.11 bits per heavy atom. The summed E-state index contributed by atoms with van der Waals surface area (Å²) >= 11 is 0. The minimum Gasteiger partial charge on any atom is -0.467 e. The lowest BCUT2D eigenvalue weighted by Gasteiger charge is -2.26.